The molecule has 2 aromatic rings. The minimum Gasteiger partial charge on any atom is -0.490 e. The highest BCUT2D eigenvalue weighted by Gasteiger charge is 2.14. The quantitative estimate of drug-likeness (QED) is 0.888. The molecule has 1 aromatic heterocycles. The number of benzene rings is 1. The van der Waals surface area contributed by atoms with E-state index < -0.39 is 0 Å². The molecule has 0 saturated carbocycles. The van der Waals surface area contributed by atoms with Crippen molar-refractivity contribution in [3.8, 4) is 11.5 Å². The van der Waals surface area contributed by atoms with Crippen LogP contribution in [0.1, 0.15) is 18.4 Å². The number of nitrogens with zero attached hydrogens (tertiary/aromatic N) is 2. The maximum atomic E-state index is 12.0. The summed E-state index contributed by atoms with van der Waals surface area (Å²) in [6, 6.07) is 7.01. The van der Waals surface area contributed by atoms with Crippen LogP contribution in [0.5, 0.6) is 11.5 Å². The second-order valence-electron chi connectivity index (χ2n) is 5.43. The summed E-state index contributed by atoms with van der Waals surface area (Å²) in [7, 11) is 0. The van der Waals surface area contributed by atoms with Gasteiger partial charge in [0.25, 0.3) is 5.56 Å². The van der Waals surface area contributed by atoms with Gasteiger partial charge in [0, 0.05) is 43.8 Å². The topological polar surface area (TPSA) is 82.5 Å². The fraction of sp³-hybridized carbons (Fsp3) is 0.353. The van der Waals surface area contributed by atoms with Crippen LogP contribution in [0.3, 0.4) is 0 Å². The predicted molar refractivity (Wildman–Crippen MR) is 87.0 cm³/mol. The van der Waals surface area contributed by atoms with Gasteiger partial charge in [0.15, 0.2) is 11.5 Å². The number of amides is 1. The summed E-state index contributed by atoms with van der Waals surface area (Å²) in [6.07, 6.45) is 3.90. The fourth-order valence-electron chi connectivity index (χ4n) is 2.44. The van der Waals surface area contributed by atoms with Gasteiger partial charge < -0.3 is 14.8 Å². The summed E-state index contributed by atoms with van der Waals surface area (Å²) < 4.78 is 12.8. The van der Waals surface area contributed by atoms with E-state index in [2.05, 4.69) is 10.3 Å². The Morgan fingerprint density at radius 2 is 2.12 bits per heavy atom. The largest absolute Gasteiger partial charge is 0.490 e. The molecule has 7 nitrogen and oxygen atoms in total. The SMILES string of the molecule is O=C(CCn1cnccc1=O)NCc1cccc2c1OCCCO2. The van der Waals surface area contributed by atoms with Crippen molar-refractivity contribution in [2.45, 2.75) is 25.9 Å². The Morgan fingerprint density at radius 3 is 3.00 bits per heavy atom. The van der Waals surface area contributed by atoms with Crippen molar-refractivity contribution in [1.29, 1.82) is 0 Å². The maximum absolute atomic E-state index is 12.0. The second-order valence-corrected chi connectivity index (χ2v) is 5.43. The highest BCUT2D eigenvalue weighted by atomic mass is 16.5. The molecule has 0 aliphatic carbocycles. The van der Waals surface area contributed by atoms with Crippen molar-refractivity contribution in [2.75, 3.05) is 13.2 Å². The molecule has 1 aliphatic heterocycles. The number of aryl methyl sites for hydroxylation is 1. The third-order valence-corrected chi connectivity index (χ3v) is 3.70. The number of aromatic nitrogens is 2. The molecule has 1 amide bonds. The summed E-state index contributed by atoms with van der Waals surface area (Å²) in [4.78, 5) is 27.5. The lowest BCUT2D eigenvalue weighted by molar-refractivity contribution is -0.121. The van der Waals surface area contributed by atoms with Crippen molar-refractivity contribution >= 4 is 5.91 Å². The molecule has 0 bridgehead atoms. The normalized spacial score (nSPS) is 13.2. The molecule has 0 fully saturated rings. The van der Waals surface area contributed by atoms with Crippen LogP contribution in [0.4, 0.5) is 0 Å². The standard InChI is InChI=1S/C17H19N3O4/c21-15(6-8-20-12-18-7-5-16(20)22)19-11-13-3-1-4-14-17(13)24-10-2-9-23-14/h1,3-5,7,12H,2,6,8-11H2,(H,19,21). The zero-order valence-corrected chi connectivity index (χ0v) is 13.2. The molecule has 2 heterocycles. The molecule has 0 saturated heterocycles. The van der Waals surface area contributed by atoms with Crippen LogP contribution in [-0.2, 0) is 17.9 Å². The van der Waals surface area contributed by atoms with Gasteiger partial charge in [-0.25, -0.2) is 4.98 Å². The Balaban J connectivity index is 1.57. The summed E-state index contributed by atoms with van der Waals surface area (Å²) in [5.74, 6) is 1.26. The molecular formula is C17H19N3O4. The van der Waals surface area contributed by atoms with Gasteiger partial charge in [0.1, 0.15) is 0 Å². The summed E-state index contributed by atoms with van der Waals surface area (Å²) in [5.41, 5.74) is 0.707. The van der Waals surface area contributed by atoms with Crippen LogP contribution in [0.25, 0.3) is 0 Å². The van der Waals surface area contributed by atoms with E-state index in [1.807, 2.05) is 18.2 Å². The number of rotatable bonds is 5. The van der Waals surface area contributed by atoms with Gasteiger partial charge in [0.05, 0.1) is 19.5 Å². The lowest BCUT2D eigenvalue weighted by Gasteiger charge is -2.13. The van der Waals surface area contributed by atoms with Crippen molar-refractivity contribution < 1.29 is 14.3 Å². The highest BCUT2D eigenvalue weighted by molar-refractivity contribution is 5.75. The average molecular weight is 329 g/mol. The third-order valence-electron chi connectivity index (χ3n) is 3.70. The Kier molecular flexibility index (Phi) is 5.10. The summed E-state index contributed by atoms with van der Waals surface area (Å²) in [6.45, 7) is 1.88. The summed E-state index contributed by atoms with van der Waals surface area (Å²) in [5, 5.41) is 2.85. The van der Waals surface area contributed by atoms with Crippen LogP contribution in [-0.4, -0.2) is 28.7 Å². The number of carbonyl (C=O) groups is 1. The molecule has 126 valence electrons. The van der Waals surface area contributed by atoms with Crippen molar-refractivity contribution in [3.05, 3.63) is 52.7 Å². The Morgan fingerprint density at radius 1 is 1.25 bits per heavy atom. The van der Waals surface area contributed by atoms with Crippen molar-refractivity contribution in [2.24, 2.45) is 0 Å². The first kappa shape index (κ1) is 16.0. The Labute approximate surface area is 139 Å². The van der Waals surface area contributed by atoms with Gasteiger partial charge in [0.2, 0.25) is 5.91 Å². The van der Waals surface area contributed by atoms with Gasteiger partial charge in [-0.05, 0) is 6.07 Å². The number of fused-ring (bicyclic) bond motifs is 1. The zero-order chi connectivity index (χ0) is 16.8. The monoisotopic (exact) mass is 329 g/mol. The number of hydrogen-bond donors (Lipinski definition) is 1. The van der Waals surface area contributed by atoms with Gasteiger partial charge in [-0.15, -0.1) is 0 Å². The van der Waals surface area contributed by atoms with Crippen LogP contribution in [0.15, 0.2) is 41.6 Å². The molecule has 1 N–H and O–H groups in total. The van der Waals surface area contributed by atoms with E-state index in [1.165, 1.54) is 23.2 Å². The molecule has 1 aromatic carbocycles. The van der Waals surface area contributed by atoms with E-state index >= 15 is 0 Å². The summed E-state index contributed by atoms with van der Waals surface area (Å²) >= 11 is 0. The van der Waals surface area contributed by atoms with E-state index in [1.54, 1.807) is 0 Å². The first-order valence-corrected chi connectivity index (χ1v) is 7.88. The van der Waals surface area contributed by atoms with Gasteiger partial charge in [-0.1, -0.05) is 12.1 Å². The van der Waals surface area contributed by atoms with Crippen molar-refractivity contribution in [1.82, 2.24) is 14.9 Å². The smallest absolute Gasteiger partial charge is 0.253 e. The van der Waals surface area contributed by atoms with Gasteiger partial charge >= 0.3 is 0 Å². The Bertz CT molecular complexity index is 772. The third kappa shape index (κ3) is 3.92. The van der Waals surface area contributed by atoms with Crippen molar-refractivity contribution in [3.63, 3.8) is 0 Å². The minimum atomic E-state index is -0.170. The van der Waals surface area contributed by atoms with Crippen LogP contribution >= 0.6 is 0 Å². The zero-order valence-electron chi connectivity index (χ0n) is 13.2. The van der Waals surface area contributed by atoms with E-state index in [-0.39, 0.29) is 17.9 Å². The number of para-hydroxylation sites is 1. The lowest BCUT2D eigenvalue weighted by atomic mass is 10.2. The van der Waals surface area contributed by atoms with Gasteiger partial charge in [-0.2, -0.15) is 0 Å². The molecule has 7 heteroatoms. The molecule has 0 unspecified atom stereocenters. The molecule has 24 heavy (non-hydrogen) atoms. The van der Waals surface area contributed by atoms with Crippen LogP contribution in [0, 0.1) is 0 Å². The fourth-order valence-corrected chi connectivity index (χ4v) is 2.44. The number of nitrogens with one attached hydrogen (secondary N) is 1. The van der Waals surface area contributed by atoms with Gasteiger partial charge in [-0.3, -0.25) is 14.2 Å². The molecular weight excluding hydrogens is 310 g/mol. The molecule has 0 spiro atoms. The number of carbonyl (C=O) groups excluding carboxylic acids is 1. The maximum Gasteiger partial charge on any atom is 0.253 e. The molecule has 0 atom stereocenters. The van der Waals surface area contributed by atoms with Crippen LogP contribution in [0.2, 0.25) is 0 Å². The highest BCUT2D eigenvalue weighted by Crippen LogP contribution is 2.33. The van der Waals surface area contributed by atoms with E-state index in [9.17, 15) is 9.59 Å². The Hall–Kier alpha value is -2.83. The second kappa shape index (κ2) is 7.63. The first-order valence-electron chi connectivity index (χ1n) is 7.88. The average Bonchev–Trinajstić information content (AvgIpc) is 2.85. The molecule has 1 aliphatic rings. The molecule has 3 rings (SSSR count). The van der Waals surface area contributed by atoms with E-state index in [0.717, 1.165) is 12.0 Å². The van der Waals surface area contributed by atoms with E-state index in [0.29, 0.717) is 37.8 Å². The molecule has 0 radical (unpaired) electrons. The minimum absolute atomic E-state index is 0.141. The van der Waals surface area contributed by atoms with E-state index in [4.69, 9.17) is 9.47 Å². The number of hydrogen-bond acceptors (Lipinski definition) is 5. The van der Waals surface area contributed by atoms with Crippen LogP contribution < -0.4 is 20.3 Å². The lowest BCUT2D eigenvalue weighted by Crippen LogP contribution is -2.27. The first-order chi connectivity index (χ1) is 11.7. The number of ether oxygens (including phenoxy) is 2. The predicted octanol–water partition coefficient (Wildman–Crippen LogP) is 1.11.